The number of hydrazone groups is 1. The molecule has 1 saturated heterocycles. The van der Waals surface area contributed by atoms with Crippen molar-refractivity contribution in [3.63, 3.8) is 0 Å². The Morgan fingerprint density at radius 3 is 2.37 bits per heavy atom. The predicted molar refractivity (Wildman–Crippen MR) is 107 cm³/mol. The third-order valence-electron chi connectivity index (χ3n) is 4.68. The molecule has 1 heterocycles. The molecule has 27 heavy (non-hydrogen) atoms. The molecule has 0 saturated carbocycles. The van der Waals surface area contributed by atoms with Crippen LogP contribution in [-0.2, 0) is 9.53 Å². The second-order valence-electron chi connectivity index (χ2n) is 6.62. The van der Waals surface area contributed by atoms with E-state index in [9.17, 15) is 4.79 Å². The molecule has 0 spiro atoms. The van der Waals surface area contributed by atoms with Gasteiger partial charge in [0.2, 0.25) is 0 Å². The van der Waals surface area contributed by atoms with E-state index in [4.69, 9.17) is 4.74 Å². The summed E-state index contributed by atoms with van der Waals surface area (Å²) in [5.74, 6) is -0.165. The fourth-order valence-electron chi connectivity index (χ4n) is 3.33. The minimum Gasteiger partial charge on any atom is -0.376 e. The minimum absolute atomic E-state index is 0.109. The highest BCUT2D eigenvalue weighted by molar-refractivity contribution is 5.89. The molecule has 0 radical (unpaired) electrons. The van der Waals surface area contributed by atoms with E-state index in [1.807, 2.05) is 55.5 Å². The summed E-state index contributed by atoms with van der Waals surface area (Å²) >= 11 is 0. The molecule has 6 nitrogen and oxygen atoms in total. The smallest absolute Gasteiger partial charge is 0.259 e. The third kappa shape index (κ3) is 5.64. The van der Waals surface area contributed by atoms with Gasteiger partial charge in [-0.1, -0.05) is 48.5 Å². The number of nitrogens with zero attached hydrogens (tertiary/aromatic N) is 1. The topological polar surface area (TPSA) is 67.2 Å². The van der Waals surface area contributed by atoms with E-state index in [1.54, 1.807) is 0 Å². The standard InChI is InChI=1S/C21H26N4O2/c1-17(23-24-20(26)16-22-19-10-6-3-7-11-19)21(18-8-4-2-5-9-18)25-12-14-27-15-13-25/h2-11,21-22H,12-16H2,1H3,(H,24,26)/p+1/b23-17-/t21-/m1/s1. The number of hydrogen-bond donors (Lipinski definition) is 3. The van der Waals surface area contributed by atoms with Crippen LogP contribution in [0, 0.1) is 0 Å². The Labute approximate surface area is 160 Å². The molecule has 2 aromatic carbocycles. The Bertz CT molecular complexity index is 743. The average molecular weight is 367 g/mol. The van der Waals surface area contributed by atoms with Crippen LogP contribution >= 0.6 is 0 Å². The number of ether oxygens (including phenoxy) is 1. The summed E-state index contributed by atoms with van der Waals surface area (Å²) in [7, 11) is 0. The number of rotatable bonds is 7. The van der Waals surface area contributed by atoms with E-state index in [-0.39, 0.29) is 18.5 Å². The molecule has 6 heteroatoms. The summed E-state index contributed by atoms with van der Waals surface area (Å²) in [4.78, 5) is 13.6. The van der Waals surface area contributed by atoms with Crippen LogP contribution in [0.3, 0.4) is 0 Å². The van der Waals surface area contributed by atoms with Gasteiger partial charge in [0, 0.05) is 11.3 Å². The lowest BCUT2D eigenvalue weighted by molar-refractivity contribution is -0.928. The summed E-state index contributed by atoms with van der Waals surface area (Å²) in [5, 5.41) is 7.49. The number of carbonyl (C=O) groups is 1. The SMILES string of the molecule is C/C(=N/NC(=O)CNc1ccccc1)[C@H](c1ccccc1)[NH+]1CCOCC1. The van der Waals surface area contributed by atoms with E-state index in [2.05, 4.69) is 28.0 Å². The number of anilines is 1. The zero-order valence-electron chi connectivity index (χ0n) is 15.7. The molecule has 0 bridgehead atoms. The molecular weight excluding hydrogens is 340 g/mol. The molecule has 0 aromatic heterocycles. The number of amides is 1. The summed E-state index contributed by atoms with van der Waals surface area (Å²) < 4.78 is 5.50. The lowest BCUT2D eigenvalue weighted by Gasteiger charge is -2.31. The van der Waals surface area contributed by atoms with Gasteiger partial charge in [-0.25, -0.2) is 5.43 Å². The summed E-state index contributed by atoms with van der Waals surface area (Å²) in [6.45, 7) is 5.51. The number of benzene rings is 2. The normalized spacial score (nSPS) is 16.6. The number of para-hydroxylation sites is 1. The zero-order chi connectivity index (χ0) is 18.9. The summed E-state index contributed by atoms with van der Waals surface area (Å²) in [6, 6.07) is 20.1. The van der Waals surface area contributed by atoms with Crippen molar-refractivity contribution in [2.24, 2.45) is 5.10 Å². The van der Waals surface area contributed by atoms with Crippen molar-refractivity contribution in [2.45, 2.75) is 13.0 Å². The molecule has 1 amide bonds. The van der Waals surface area contributed by atoms with Crippen molar-refractivity contribution in [3.8, 4) is 0 Å². The Balaban J connectivity index is 1.63. The Morgan fingerprint density at radius 1 is 1.07 bits per heavy atom. The predicted octanol–water partition coefficient (Wildman–Crippen LogP) is 1.25. The van der Waals surface area contributed by atoms with Crippen LogP contribution in [0.15, 0.2) is 65.8 Å². The highest BCUT2D eigenvalue weighted by Gasteiger charge is 2.29. The second kappa shape index (κ2) is 9.85. The monoisotopic (exact) mass is 367 g/mol. The molecule has 0 unspecified atom stereocenters. The molecule has 3 N–H and O–H groups in total. The molecule has 2 aromatic rings. The van der Waals surface area contributed by atoms with Gasteiger partial charge in [-0.05, 0) is 19.1 Å². The Hall–Kier alpha value is -2.70. The first-order valence-corrected chi connectivity index (χ1v) is 9.33. The van der Waals surface area contributed by atoms with Crippen molar-refractivity contribution in [1.29, 1.82) is 0 Å². The lowest BCUT2D eigenvalue weighted by atomic mass is 10.0. The van der Waals surface area contributed by atoms with Crippen LogP contribution in [0.1, 0.15) is 18.5 Å². The number of nitrogens with one attached hydrogen (secondary N) is 3. The largest absolute Gasteiger partial charge is 0.376 e. The van der Waals surface area contributed by atoms with E-state index in [1.165, 1.54) is 10.5 Å². The van der Waals surface area contributed by atoms with Gasteiger partial charge in [0.25, 0.3) is 5.91 Å². The maximum atomic E-state index is 12.1. The quantitative estimate of drug-likeness (QED) is 0.510. The van der Waals surface area contributed by atoms with Crippen LogP contribution in [0.2, 0.25) is 0 Å². The first kappa shape index (κ1) is 19.1. The highest BCUT2D eigenvalue weighted by atomic mass is 16.5. The number of morpholine rings is 1. The molecule has 142 valence electrons. The van der Waals surface area contributed by atoms with Crippen molar-refractivity contribution >= 4 is 17.3 Å². The van der Waals surface area contributed by atoms with Crippen LogP contribution in [0.25, 0.3) is 0 Å². The first-order chi connectivity index (χ1) is 13.2. The van der Waals surface area contributed by atoms with Gasteiger partial charge in [-0.2, -0.15) is 5.10 Å². The van der Waals surface area contributed by atoms with Gasteiger partial charge in [0.1, 0.15) is 13.1 Å². The number of carbonyl (C=O) groups excluding carboxylic acids is 1. The maximum absolute atomic E-state index is 12.1. The van der Waals surface area contributed by atoms with Gasteiger partial charge in [-0.3, -0.25) is 4.79 Å². The third-order valence-corrected chi connectivity index (χ3v) is 4.68. The molecule has 1 fully saturated rings. The second-order valence-corrected chi connectivity index (χ2v) is 6.62. The maximum Gasteiger partial charge on any atom is 0.259 e. The number of quaternary nitrogens is 1. The molecule has 1 aliphatic heterocycles. The van der Waals surface area contributed by atoms with Gasteiger partial charge in [0.15, 0.2) is 6.04 Å². The lowest BCUT2D eigenvalue weighted by Crippen LogP contribution is -3.15. The van der Waals surface area contributed by atoms with Crippen molar-refractivity contribution in [2.75, 3.05) is 38.2 Å². The van der Waals surface area contributed by atoms with E-state index >= 15 is 0 Å². The van der Waals surface area contributed by atoms with Crippen LogP contribution in [0.5, 0.6) is 0 Å². The van der Waals surface area contributed by atoms with E-state index in [0.29, 0.717) is 0 Å². The molecule has 1 aliphatic rings. The Morgan fingerprint density at radius 2 is 1.70 bits per heavy atom. The highest BCUT2D eigenvalue weighted by Crippen LogP contribution is 2.12. The van der Waals surface area contributed by atoms with Crippen LogP contribution < -0.4 is 15.6 Å². The van der Waals surface area contributed by atoms with Gasteiger partial charge in [0.05, 0.1) is 25.5 Å². The zero-order valence-corrected chi connectivity index (χ0v) is 15.7. The minimum atomic E-state index is -0.165. The first-order valence-electron chi connectivity index (χ1n) is 9.33. The number of hydrogen-bond acceptors (Lipinski definition) is 4. The van der Waals surface area contributed by atoms with Crippen LogP contribution in [0.4, 0.5) is 5.69 Å². The Kier molecular flexibility index (Phi) is 6.96. The average Bonchev–Trinajstić information content (AvgIpc) is 2.73. The van der Waals surface area contributed by atoms with Crippen LogP contribution in [-0.4, -0.2) is 44.5 Å². The van der Waals surface area contributed by atoms with Crippen molar-refractivity contribution in [1.82, 2.24) is 5.43 Å². The van der Waals surface area contributed by atoms with Gasteiger partial charge < -0.3 is 15.0 Å². The summed E-state index contributed by atoms with van der Waals surface area (Å²) in [5.41, 5.74) is 5.69. The summed E-state index contributed by atoms with van der Waals surface area (Å²) in [6.07, 6.45) is 0. The fraction of sp³-hybridized carbons (Fsp3) is 0.333. The van der Waals surface area contributed by atoms with Crippen molar-refractivity contribution in [3.05, 3.63) is 66.2 Å². The van der Waals surface area contributed by atoms with Gasteiger partial charge in [-0.15, -0.1) is 0 Å². The van der Waals surface area contributed by atoms with E-state index in [0.717, 1.165) is 37.7 Å². The van der Waals surface area contributed by atoms with Gasteiger partial charge >= 0.3 is 0 Å². The van der Waals surface area contributed by atoms with E-state index < -0.39 is 0 Å². The molecule has 0 aliphatic carbocycles. The molecule has 1 atom stereocenters. The fourth-order valence-corrected chi connectivity index (χ4v) is 3.33. The van der Waals surface area contributed by atoms with Crippen molar-refractivity contribution < 1.29 is 14.4 Å². The molecule has 3 rings (SSSR count). The molecular formula is C21H27N4O2+.